The molecular formula is C14H28IN3O. The van der Waals surface area contributed by atoms with Crippen molar-refractivity contribution in [1.82, 2.24) is 10.6 Å². The van der Waals surface area contributed by atoms with Crippen molar-refractivity contribution in [3.8, 4) is 0 Å². The summed E-state index contributed by atoms with van der Waals surface area (Å²) in [5, 5.41) is 6.73. The second kappa shape index (κ2) is 12.7. The lowest BCUT2D eigenvalue weighted by molar-refractivity contribution is 0.129. The van der Waals surface area contributed by atoms with Crippen LogP contribution in [0.1, 0.15) is 39.0 Å². The highest BCUT2D eigenvalue weighted by atomic mass is 127. The maximum Gasteiger partial charge on any atom is 0.191 e. The third-order valence-corrected chi connectivity index (χ3v) is 2.97. The van der Waals surface area contributed by atoms with Crippen LogP contribution in [0.15, 0.2) is 17.1 Å². The standard InChI is InChI=1S/C14H27N3O.HI/c1-3-4-11-18-12-7-10-16-14(15-2)17-13-8-5-6-9-13;/h5-6,13H,3-4,7-12H2,1-2H3,(H2,15,16,17);1H. The molecule has 1 aliphatic rings. The monoisotopic (exact) mass is 381 g/mol. The SMILES string of the molecule is CCCCOCCCNC(=NC)NC1CC=CC1.I. The molecule has 112 valence electrons. The summed E-state index contributed by atoms with van der Waals surface area (Å²) in [4.78, 5) is 4.22. The van der Waals surface area contributed by atoms with E-state index in [9.17, 15) is 0 Å². The van der Waals surface area contributed by atoms with E-state index in [0.717, 1.165) is 51.4 Å². The molecule has 0 aromatic heterocycles. The third kappa shape index (κ3) is 9.27. The average Bonchev–Trinajstić information content (AvgIpc) is 2.89. The maximum absolute atomic E-state index is 5.51. The van der Waals surface area contributed by atoms with Crippen molar-refractivity contribution < 1.29 is 4.74 Å². The number of hydrogen-bond donors (Lipinski definition) is 2. The summed E-state index contributed by atoms with van der Waals surface area (Å²) in [6.07, 6.45) is 10.0. The zero-order chi connectivity index (χ0) is 13.1. The smallest absolute Gasteiger partial charge is 0.191 e. The highest BCUT2D eigenvalue weighted by molar-refractivity contribution is 14.0. The predicted octanol–water partition coefficient (Wildman–Crippen LogP) is 2.69. The number of nitrogens with zero attached hydrogens (tertiary/aromatic N) is 1. The van der Waals surface area contributed by atoms with Crippen molar-refractivity contribution in [3.63, 3.8) is 0 Å². The van der Waals surface area contributed by atoms with Gasteiger partial charge in [-0.3, -0.25) is 4.99 Å². The van der Waals surface area contributed by atoms with Gasteiger partial charge >= 0.3 is 0 Å². The summed E-state index contributed by atoms with van der Waals surface area (Å²) >= 11 is 0. The van der Waals surface area contributed by atoms with Crippen molar-refractivity contribution in [2.45, 2.75) is 45.1 Å². The molecule has 0 atom stereocenters. The molecule has 0 fully saturated rings. The van der Waals surface area contributed by atoms with Crippen molar-refractivity contribution in [2.75, 3.05) is 26.8 Å². The van der Waals surface area contributed by atoms with Crippen molar-refractivity contribution >= 4 is 29.9 Å². The van der Waals surface area contributed by atoms with Crippen LogP contribution in [-0.2, 0) is 4.74 Å². The van der Waals surface area contributed by atoms with Gasteiger partial charge in [-0.15, -0.1) is 24.0 Å². The van der Waals surface area contributed by atoms with Crippen LogP contribution in [0.4, 0.5) is 0 Å². The van der Waals surface area contributed by atoms with E-state index < -0.39 is 0 Å². The molecule has 0 unspecified atom stereocenters. The largest absolute Gasteiger partial charge is 0.381 e. The van der Waals surface area contributed by atoms with E-state index in [1.165, 1.54) is 6.42 Å². The Morgan fingerprint density at radius 2 is 1.95 bits per heavy atom. The van der Waals surface area contributed by atoms with E-state index in [1.807, 2.05) is 7.05 Å². The number of guanidine groups is 1. The lowest BCUT2D eigenvalue weighted by Crippen LogP contribution is -2.42. The quantitative estimate of drug-likeness (QED) is 0.223. The van der Waals surface area contributed by atoms with Crippen LogP contribution in [-0.4, -0.2) is 38.8 Å². The van der Waals surface area contributed by atoms with Gasteiger partial charge in [-0.2, -0.15) is 0 Å². The van der Waals surface area contributed by atoms with Gasteiger partial charge in [0, 0.05) is 32.8 Å². The summed E-state index contributed by atoms with van der Waals surface area (Å²) < 4.78 is 5.51. The van der Waals surface area contributed by atoms with E-state index in [-0.39, 0.29) is 24.0 Å². The summed E-state index contributed by atoms with van der Waals surface area (Å²) in [7, 11) is 1.81. The van der Waals surface area contributed by atoms with Crippen LogP contribution in [0, 0.1) is 0 Å². The highest BCUT2D eigenvalue weighted by Crippen LogP contribution is 2.08. The van der Waals surface area contributed by atoms with Gasteiger partial charge in [-0.25, -0.2) is 0 Å². The first-order valence-corrected chi connectivity index (χ1v) is 7.06. The molecule has 1 aliphatic carbocycles. The molecule has 0 aromatic rings. The highest BCUT2D eigenvalue weighted by Gasteiger charge is 2.10. The van der Waals surface area contributed by atoms with Gasteiger partial charge in [0.05, 0.1) is 0 Å². The Balaban J connectivity index is 0.00000324. The molecule has 0 aliphatic heterocycles. The zero-order valence-corrected chi connectivity index (χ0v) is 14.5. The minimum absolute atomic E-state index is 0. The Hall–Kier alpha value is -0.300. The zero-order valence-electron chi connectivity index (χ0n) is 12.2. The molecule has 1 rings (SSSR count). The van der Waals surface area contributed by atoms with E-state index in [1.54, 1.807) is 0 Å². The summed E-state index contributed by atoms with van der Waals surface area (Å²) in [5.41, 5.74) is 0. The molecule has 5 heteroatoms. The van der Waals surface area contributed by atoms with Gasteiger partial charge < -0.3 is 15.4 Å². The normalized spacial score (nSPS) is 15.4. The van der Waals surface area contributed by atoms with E-state index in [2.05, 4.69) is 34.7 Å². The molecule has 0 bridgehead atoms. The van der Waals surface area contributed by atoms with Gasteiger partial charge in [-0.1, -0.05) is 25.5 Å². The molecule has 19 heavy (non-hydrogen) atoms. The second-order valence-electron chi connectivity index (χ2n) is 4.60. The Morgan fingerprint density at radius 3 is 2.58 bits per heavy atom. The lowest BCUT2D eigenvalue weighted by Gasteiger charge is -2.16. The molecular weight excluding hydrogens is 353 g/mol. The number of hydrogen-bond acceptors (Lipinski definition) is 2. The van der Waals surface area contributed by atoms with Crippen molar-refractivity contribution in [2.24, 2.45) is 4.99 Å². The molecule has 0 saturated carbocycles. The number of aliphatic imine (C=N–C) groups is 1. The van der Waals surface area contributed by atoms with Gasteiger partial charge in [-0.05, 0) is 25.7 Å². The molecule has 0 spiro atoms. The van der Waals surface area contributed by atoms with Crippen LogP contribution < -0.4 is 10.6 Å². The minimum Gasteiger partial charge on any atom is -0.381 e. The van der Waals surface area contributed by atoms with Crippen LogP contribution in [0.25, 0.3) is 0 Å². The first-order valence-electron chi connectivity index (χ1n) is 7.06. The topological polar surface area (TPSA) is 45.6 Å². The van der Waals surface area contributed by atoms with Crippen molar-refractivity contribution in [3.05, 3.63) is 12.2 Å². The fourth-order valence-corrected chi connectivity index (χ4v) is 1.85. The molecule has 0 amide bonds. The first kappa shape index (κ1) is 18.7. The molecule has 4 nitrogen and oxygen atoms in total. The minimum atomic E-state index is 0. The number of rotatable bonds is 8. The summed E-state index contributed by atoms with van der Waals surface area (Å²) in [5.74, 6) is 0.900. The van der Waals surface area contributed by atoms with Crippen LogP contribution in [0.5, 0.6) is 0 Å². The Morgan fingerprint density at radius 1 is 1.26 bits per heavy atom. The lowest BCUT2D eigenvalue weighted by atomic mass is 10.2. The molecule has 0 heterocycles. The Labute approximate surface area is 134 Å². The van der Waals surface area contributed by atoms with E-state index in [0.29, 0.717) is 6.04 Å². The molecule has 0 saturated heterocycles. The molecule has 0 aromatic carbocycles. The van der Waals surface area contributed by atoms with Crippen molar-refractivity contribution in [1.29, 1.82) is 0 Å². The van der Waals surface area contributed by atoms with Gasteiger partial charge in [0.15, 0.2) is 5.96 Å². The second-order valence-corrected chi connectivity index (χ2v) is 4.60. The van der Waals surface area contributed by atoms with E-state index in [4.69, 9.17) is 4.74 Å². The van der Waals surface area contributed by atoms with E-state index >= 15 is 0 Å². The van der Waals surface area contributed by atoms with Crippen LogP contribution >= 0.6 is 24.0 Å². The Kier molecular flexibility index (Phi) is 12.5. The number of nitrogens with one attached hydrogen (secondary N) is 2. The van der Waals surface area contributed by atoms with Crippen LogP contribution in [0.3, 0.4) is 0 Å². The predicted molar refractivity (Wildman–Crippen MR) is 92.4 cm³/mol. The van der Waals surface area contributed by atoms with Gasteiger partial charge in [0.25, 0.3) is 0 Å². The summed E-state index contributed by atoms with van der Waals surface area (Å²) in [6.45, 7) is 4.80. The number of ether oxygens (including phenoxy) is 1. The third-order valence-electron chi connectivity index (χ3n) is 2.97. The molecule has 0 radical (unpaired) electrons. The Bertz CT molecular complexity index is 261. The average molecular weight is 381 g/mol. The fraction of sp³-hybridized carbons (Fsp3) is 0.786. The van der Waals surface area contributed by atoms with Gasteiger partial charge in [0.2, 0.25) is 0 Å². The fourth-order valence-electron chi connectivity index (χ4n) is 1.85. The van der Waals surface area contributed by atoms with Crippen LogP contribution in [0.2, 0.25) is 0 Å². The number of halogens is 1. The van der Waals surface area contributed by atoms with Gasteiger partial charge in [0.1, 0.15) is 0 Å². The first-order chi connectivity index (χ1) is 8.86. The number of unbranched alkanes of at least 4 members (excludes halogenated alkanes) is 1. The molecule has 2 N–H and O–H groups in total. The maximum atomic E-state index is 5.51. The summed E-state index contributed by atoms with van der Waals surface area (Å²) in [6, 6.07) is 0.511.